The van der Waals surface area contributed by atoms with E-state index in [2.05, 4.69) is 59.8 Å². The van der Waals surface area contributed by atoms with Gasteiger partial charge >= 0.3 is 0 Å². The molecule has 7 heteroatoms. The average Bonchev–Trinajstić information content (AvgIpc) is 3.10. The molecule has 24 heavy (non-hydrogen) atoms. The van der Waals surface area contributed by atoms with Gasteiger partial charge < -0.3 is 10.6 Å². The third kappa shape index (κ3) is 6.33. The lowest BCUT2D eigenvalue weighted by Gasteiger charge is -2.10. The fraction of sp³-hybridized carbons (Fsp3) is 0.529. The van der Waals surface area contributed by atoms with Crippen molar-refractivity contribution in [3.63, 3.8) is 0 Å². The van der Waals surface area contributed by atoms with Gasteiger partial charge in [0.2, 0.25) is 0 Å². The van der Waals surface area contributed by atoms with Crippen LogP contribution in [-0.4, -0.2) is 24.0 Å². The van der Waals surface area contributed by atoms with E-state index in [4.69, 9.17) is 0 Å². The zero-order chi connectivity index (χ0) is 16.7. The molecule has 0 fully saturated rings. The number of aromatic nitrogens is 1. The molecular formula is C17H27IN4S2. The van der Waals surface area contributed by atoms with Crippen LogP contribution in [0.1, 0.15) is 39.9 Å². The minimum absolute atomic E-state index is 0. The van der Waals surface area contributed by atoms with E-state index in [9.17, 15) is 0 Å². The van der Waals surface area contributed by atoms with Crippen LogP contribution in [0.25, 0.3) is 0 Å². The molecule has 0 aromatic carbocycles. The van der Waals surface area contributed by atoms with E-state index in [-0.39, 0.29) is 24.0 Å². The molecule has 2 aromatic heterocycles. The van der Waals surface area contributed by atoms with Gasteiger partial charge in [-0.1, -0.05) is 6.92 Å². The third-order valence-electron chi connectivity index (χ3n) is 3.60. The molecule has 0 saturated carbocycles. The normalized spacial score (nSPS) is 11.2. The van der Waals surface area contributed by atoms with Gasteiger partial charge in [-0.3, -0.25) is 0 Å². The zero-order valence-electron chi connectivity index (χ0n) is 14.8. The Bertz CT molecular complexity index is 649. The summed E-state index contributed by atoms with van der Waals surface area (Å²) in [7, 11) is 0. The number of halogens is 1. The highest BCUT2D eigenvalue weighted by molar-refractivity contribution is 14.0. The topological polar surface area (TPSA) is 49.3 Å². The van der Waals surface area contributed by atoms with E-state index in [0.717, 1.165) is 38.4 Å². The second-order valence-electron chi connectivity index (χ2n) is 5.36. The van der Waals surface area contributed by atoms with Crippen LogP contribution in [0.4, 0.5) is 0 Å². The SMILES string of the molecule is CCNC(=NCc1sccc1C)NCCc1nc(CC)c(C)s1.I. The second kappa shape index (κ2) is 11.0. The highest BCUT2D eigenvalue weighted by Crippen LogP contribution is 2.18. The van der Waals surface area contributed by atoms with E-state index in [1.807, 2.05) is 11.3 Å². The minimum Gasteiger partial charge on any atom is -0.357 e. The van der Waals surface area contributed by atoms with Crippen LogP contribution >= 0.6 is 46.7 Å². The van der Waals surface area contributed by atoms with Crippen molar-refractivity contribution in [1.82, 2.24) is 15.6 Å². The fourth-order valence-corrected chi connectivity index (χ4v) is 4.12. The highest BCUT2D eigenvalue weighted by atomic mass is 127. The molecule has 134 valence electrons. The largest absolute Gasteiger partial charge is 0.357 e. The number of thiazole rings is 1. The molecule has 0 amide bonds. The predicted octanol–water partition coefficient (Wildman–Crippen LogP) is 4.30. The van der Waals surface area contributed by atoms with Crippen molar-refractivity contribution in [3.05, 3.63) is 37.5 Å². The molecule has 0 spiro atoms. The van der Waals surface area contributed by atoms with Gasteiger partial charge in [0.25, 0.3) is 0 Å². The number of thiophene rings is 1. The Hall–Kier alpha value is -0.670. The molecule has 2 heterocycles. The van der Waals surface area contributed by atoms with Gasteiger partial charge in [0.1, 0.15) is 0 Å². The summed E-state index contributed by atoms with van der Waals surface area (Å²) in [5.41, 5.74) is 2.55. The van der Waals surface area contributed by atoms with Gasteiger partial charge in [-0.05, 0) is 44.2 Å². The number of hydrogen-bond donors (Lipinski definition) is 2. The van der Waals surface area contributed by atoms with Gasteiger partial charge in [0.15, 0.2) is 5.96 Å². The molecule has 0 unspecified atom stereocenters. The minimum atomic E-state index is 0. The van der Waals surface area contributed by atoms with Crippen molar-refractivity contribution in [2.24, 2.45) is 4.99 Å². The molecule has 0 atom stereocenters. The van der Waals surface area contributed by atoms with Crippen LogP contribution in [0.15, 0.2) is 16.4 Å². The average molecular weight is 478 g/mol. The van der Waals surface area contributed by atoms with Crippen LogP contribution < -0.4 is 10.6 Å². The monoisotopic (exact) mass is 478 g/mol. The van der Waals surface area contributed by atoms with Gasteiger partial charge in [0.05, 0.1) is 17.2 Å². The van der Waals surface area contributed by atoms with E-state index < -0.39 is 0 Å². The summed E-state index contributed by atoms with van der Waals surface area (Å²) in [5.74, 6) is 0.879. The Morgan fingerprint density at radius 3 is 2.62 bits per heavy atom. The van der Waals surface area contributed by atoms with E-state index in [1.54, 1.807) is 11.3 Å². The molecule has 0 radical (unpaired) electrons. The molecule has 2 rings (SSSR count). The Kier molecular flexibility index (Phi) is 9.84. The lowest BCUT2D eigenvalue weighted by molar-refractivity contribution is 0.794. The van der Waals surface area contributed by atoms with E-state index in [1.165, 1.54) is 26.0 Å². The van der Waals surface area contributed by atoms with E-state index in [0.29, 0.717) is 0 Å². The maximum absolute atomic E-state index is 4.69. The van der Waals surface area contributed by atoms with Crippen molar-refractivity contribution >= 4 is 52.6 Å². The fourth-order valence-electron chi connectivity index (χ4n) is 2.27. The molecule has 0 aliphatic heterocycles. The molecule has 0 saturated heterocycles. The number of aliphatic imine (C=N–C) groups is 1. The summed E-state index contributed by atoms with van der Waals surface area (Å²) in [6.07, 6.45) is 1.95. The van der Waals surface area contributed by atoms with Crippen LogP contribution in [-0.2, 0) is 19.4 Å². The van der Waals surface area contributed by atoms with Gasteiger partial charge in [-0.25, -0.2) is 9.98 Å². The first kappa shape index (κ1) is 21.4. The van der Waals surface area contributed by atoms with Crippen molar-refractivity contribution < 1.29 is 0 Å². The number of guanidine groups is 1. The Morgan fingerprint density at radius 2 is 2.04 bits per heavy atom. The van der Waals surface area contributed by atoms with Crippen LogP contribution in [0.3, 0.4) is 0 Å². The molecule has 0 aliphatic rings. The first-order valence-electron chi connectivity index (χ1n) is 8.14. The molecule has 0 bridgehead atoms. The van der Waals surface area contributed by atoms with Crippen molar-refractivity contribution in [1.29, 1.82) is 0 Å². The Balaban J connectivity index is 0.00000288. The summed E-state index contributed by atoms with van der Waals surface area (Å²) < 4.78 is 0. The van der Waals surface area contributed by atoms with Gasteiger partial charge in [-0.2, -0.15) is 0 Å². The maximum Gasteiger partial charge on any atom is 0.191 e. The first-order valence-corrected chi connectivity index (χ1v) is 9.84. The number of rotatable bonds is 7. The standard InChI is InChI=1S/C17H26N4S2.HI/c1-5-14-13(4)23-16(21-14)7-9-19-17(18-6-2)20-11-15-12(3)8-10-22-15;/h8,10H,5-7,9,11H2,1-4H3,(H2,18,19,20);1H. The molecule has 2 N–H and O–H groups in total. The summed E-state index contributed by atoms with van der Waals surface area (Å²) >= 11 is 3.57. The van der Waals surface area contributed by atoms with Gasteiger partial charge in [-0.15, -0.1) is 46.7 Å². The smallest absolute Gasteiger partial charge is 0.191 e. The second-order valence-corrected chi connectivity index (χ2v) is 7.65. The van der Waals surface area contributed by atoms with Crippen LogP contribution in [0.2, 0.25) is 0 Å². The number of hydrogen-bond acceptors (Lipinski definition) is 4. The summed E-state index contributed by atoms with van der Waals surface area (Å²) in [4.78, 5) is 12.0. The van der Waals surface area contributed by atoms with Crippen molar-refractivity contribution in [2.45, 2.75) is 47.1 Å². The number of nitrogens with zero attached hydrogens (tertiary/aromatic N) is 2. The van der Waals surface area contributed by atoms with Crippen LogP contribution in [0, 0.1) is 13.8 Å². The Labute approximate surface area is 170 Å². The highest BCUT2D eigenvalue weighted by Gasteiger charge is 2.06. The molecule has 0 aliphatic carbocycles. The predicted molar refractivity (Wildman–Crippen MR) is 117 cm³/mol. The maximum atomic E-state index is 4.69. The lowest BCUT2D eigenvalue weighted by Crippen LogP contribution is -2.38. The molecule has 4 nitrogen and oxygen atoms in total. The van der Waals surface area contributed by atoms with Gasteiger partial charge in [0, 0.05) is 29.3 Å². The Morgan fingerprint density at radius 1 is 1.25 bits per heavy atom. The third-order valence-corrected chi connectivity index (χ3v) is 5.68. The summed E-state index contributed by atoms with van der Waals surface area (Å²) in [5, 5.41) is 10.0. The first-order chi connectivity index (χ1) is 11.1. The van der Waals surface area contributed by atoms with Crippen molar-refractivity contribution in [2.75, 3.05) is 13.1 Å². The quantitative estimate of drug-likeness (QED) is 0.355. The van der Waals surface area contributed by atoms with Crippen LogP contribution in [0.5, 0.6) is 0 Å². The number of aryl methyl sites for hydroxylation is 3. The molecular weight excluding hydrogens is 451 g/mol. The van der Waals surface area contributed by atoms with Crippen molar-refractivity contribution in [3.8, 4) is 0 Å². The lowest BCUT2D eigenvalue weighted by atomic mass is 10.3. The number of nitrogens with one attached hydrogen (secondary N) is 2. The van der Waals surface area contributed by atoms with E-state index >= 15 is 0 Å². The summed E-state index contributed by atoms with van der Waals surface area (Å²) in [6, 6.07) is 2.14. The summed E-state index contributed by atoms with van der Waals surface area (Å²) in [6.45, 7) is 11.0. The molecule has 2 aromatic rings. The zero-order valence-corrected chi connectivity index (χ0v) is 18.8.